The Kier molecular flexibility index (Phi) is 3.14. The van der Waals surface area contributed by atoms with Gasteiger partial charge in [-0.3, -0.25) is 0 Å². The van der Waals surface area contributed by atoms with Crippen molar-refractivity contribution >= 4 is 17.0 Å². The average molecular weight is 295 g/mol. The first-order valence-electron chi connectivity index (χ1n) is 7.41. The van der Waals surface area contributed by atoms with E-state index >= 15 is 0 Å². The highest BCUT2D eigenvalue weighted by atomic mass is 16.5. The van der Waals surface area contributed by atoms with Gasteiger partial charge < -0.3 is 14.6 Å². The van der Waals surface area contributed by atoms with Gasteiger partial charge in [0.15, 0.2) is 11.5 Å². The predicted octanol–water partition coefficient (Wildman–Crippen LogP) is 2.70. The average Bonchev–Trinajstić information content (AvgIpc) is 3.23. The molecule has 0 spiro atoms. The number of anilines is 1. The molecule has 1 aromatic carbocycles. The molecule has 1 aliphatic rings. The van der Waals surface area contributed by atoms with Crippen molar-refractivity contribution in [1.82, 2.24) is 19.9 Å². The van der Waals surface area contributed by atoms with E-state index in [-0.39, 0.29) is 0 Å². The van der Waals surface area contributed by atoms with Gasteiger partial charge in [-0.05, 0) is 30.5 Å². The Bertz CT molecular complexity index is 783. The fraction of sp³-hybridized carbons (Fsp3) is 0.312. The molecule has 0 amide bonds. The summed E-state index contributed by atoms with van der Waals surface area (Å²) in [4.78, 5) is 18.4. The van der Waals surface area contributed by atoms with Crippen molar-refractivity contribution in [3.05, 3.63) is 42.5 Å². The molecule has 1 fully saturated rings. The van der Waals surface area contributed by atoms with Crippen molar-refractivity contribution in [1.29, 1.82) is 0 Å². The van der Waals surface area contributed by atoms with Gasteiger partial charge >= 0.3 is 0 Å². The first-order valence-corrected chi connectivity index (χ1v) is 7.41. The molecule has 2 aromatic heterocycles. The van der Waals surface area contributed by atoms with Gasteiger partial charge in [0.05, 0.1) is 19.5 Å². The Labute approximate surface area is 128 Å². The lowest BCUT2D eigenvalue weighted by molar-refractivity contribution is 0.414. The van der Waals surface area contributed by atoms with Crippen LogP contribution in [0.4, 0.5) is 5.82 Å². The molecule has 3 heterocycles. The van der Waals surface area contributed by atoms with Crippen LogP contribution < -0.4 is 9.64 Å². The van der Waals surface area contributed by atoms with Crippen molar-refractivity contribution in [2.24, 2.45) is 0 Å². The van der Waals surface area contributed by atoms with Crippen molar-refractivity contribution in [3.8, 4) is 5.75 Å². The predicted molar refractivity (Wildman–Crippen MR) is 84.0 cm³/mol. The van der Waals surface area contributed by atoms with Crippen LogP contribution in [0.1, 0.15) is 24.4 Å². The summed E-state index contributed by atoms with van der Waals surface area (Å²) in [6, 6.07) is 8.61. The van der Waals surface area contributed by atoms with Crippen LogP contribution in [0.2, 0.25) is 0 Å². The molecular formula is C16H17N5O. The normalized spacial score (nSPS) is 18.0. The van der Waals surface area contributed by atoms with Gasteiger partial charge in [-0.15, -0.1) is 0 Å². The molecule has 0 aliphatic carbocycles. The highest BCUT2D eigenvalue weighted by Gasteiger charge is 2.28. The van der Waals surface area contributed by atoms with Crippen LogP contribution in [0.5, 0.6) is 5.75 Å². The van der Waals surface area contributed by atoms with Gasteiger partial charge in [0, 0.05) is 6.54 Å². The molecule has 112 valence electrons. The third-order valence-corrected chi connectivity index (χ3v) is 4.23. The number of rotatable bonds is 3. The number of nitrogens with zero attached hydrogens (tertiary/aromatic N) is 4. The summed E-state index contributed by atoms with van der Waals surface area (Å²) in [6.45, 7) is 0.988. The highest BCUT2D eigenvalue weighted by molar-refractivity contribution is 5.83. The van der Waals surface area contributed by atoms with Crippen LogP contribution in [0.3, 0.4) is 0 Å². The number of hydrogen-bond donors (Lipinski definition) is 1. The number of ether oxygens (including phenoxy) is 1. The van der Waals surface area contributed by atoms with Gasteiger partial charge in [-0.1, -0.05) is 12.1 Å². The molecule has 0 bridgehead atoms. The highest BCUT2D eigenvalue weighted by Crippen LogP contribution is 2.37. The molecule has 1 atom stereocenters. The Morgan fingerprint density at radius 1 is 1.18 bits per heavy atom. The summed E-state index contributed by atoms with van der Waals surface area (Å²) < 4.78 is 5.24. The molecule has 1 unspecified atom stereocenters. The lowest BCUT2D eigenvalue weighted by atomic mass is 10.0. The minimum absolute atomic E-state index is 0.326. The molecule has 0 saturated carbocycles. The second-order valence-corrected chi connectivity index (χ2v) is 5.42. The third kappa shape index (κ3) is 2.07. The largest absolute Gasteiger partial charge is 0.497 e. The number of aromatic nitrogens is 4. The zero-order chi connectivity index (χ0) is 14.9. The molecule has 1 saturated heterocycles. The monoisotopic (exact) mass is 295 g/mol. The van der Waals surface area contributed by atoms with E-state index in [4.69, 9.17) is 4.74 Å². The molecule has 4 rings (SSSR count). The number of H-pyrrole nitrogens is 1. The van der Waals surface area contributed by atoms with Crippen LogP contribution >= 0.6 is 0 Å². The number of nitrogens with one attached hydrogen (secondary N) is 1. The SMILES string of the molecule is COc1ccc(C2CCCN2c2ncnc3nc[nH]c23)cc1. The van der Waals surface area contributed by atoms with E-state index in [2.05, 4.69) is 37.0 Å². The number of aromatic amines is 1. The number of benzene rings is 1. The Balaban J connectivity index is 1.72. The maximum Gasteiger partial charge on any atom is 0.182 e. The summed E-state index contributed by atoms with van der Waals surface area (Å²) in [6.07, 6.45) is 5.52. The van der Waals surface area contributed by atoms with E-state index in [0.717, 1.165) is 36.5 Å². The van der Waals surface area contributed by atoms with Crippen molar-refractivity contribution in [3.63, 3.8) is 0 Å². The minimum Gasteiger partial charge on any atom is -0.497 e. The minimum atomic E-state index is 0.326. The molecule has 6 heteroatoms. The van der Waals surface area contributed by atoms with Crippen LogP contribution in [0, 0.1) is 0 Å². The lowest BCUT2D eigenvalue weighted by Crippen LogP contribution is -2.24. The molecule has 0 radical (unpaired) electrons. The molecule has 3 aromatic rings. The molecule has 1 aliphatic heterocycles. The topological polar surface area (TPSA) is 66.9 Å². The van der Waals surface area contributed by atoms with Gasteiger partial charge in [0.2, 0.25) is 0 Å². The number of methoxy groups -OCH3 is 1. The van der Waals surface area contributed by atoms with E-state index in [9.17, 15) is 0 Å². The smallest absolute Gasteiger partial charge is 0.182 e. The summed E-state index contributed by atoms with van der Waals surface area (Å²) in [5.41, 5.74) is 2.90. The van der Waals surface area contributed by atoms with Gasteiger partial charge in [0.1, 0.15) is 17.6 Å². The van der Waals surface area contributed by atoms with Crippen LogP contribution in [0.15, 0.2) is 36.9 Å². The summed E-state index contributed by atoms with van der Waals surface area (Å²) in [7, 11) is 1.69. The van der Waals surface area contributed by atoms with E-state index < -0.39 is 0 Å². The molecule has 22 heavy (non-hydrogen) atoms. The maximum absolute atomic E-state index is 5.24. The van der Waals surface area contributed by atoms with Crippen LogP contribution in [-0.2, 0) is 0 Å². The lowest BCUT2D eigenvalue weighted by Gasteiger charge is -2.26. The Morgan fingerprint density at radius 2 is 2.05 bits per heavy atom. The zero-order valence-electron chi connectivity index (χ0n) is 12.4. The number of imidazole rings is 1. The van der Waals surface area contributed by atoms with Crippen molar-refractivity contribution in [2.75, 3.05) is 18.6 Å². The van der Waals surface area contributed by atoms with Crippen molar-refractivity contribution < 1.29 is 4.74 Å². The van der Waals surface area contributed by atoms with E-state index in [1.54, 1.807) is 19.8 Å². The fourth-order valence-electron chi connectivity index (χ4n) is 3.16. The first-order chi connectivity index (χ1) is 10.9. The molecular weight excluding hydrogens is 278 g/mol. The molecule has 6 nitrogen and oxygen atoms in total. The van der Waals surface area contributed by atoms with Gasteiger partial charge in [-0.2, -0.15) is 0 Å². The van der Waals surface area contributed by atoms with Crippen molar-refractivity contribution in [2.45, 2.75) is 18.9 Å². The Morgan fingerprint density at radius 3 is 2.86 bits per heavy atom. The maximum atomic E-state index is 5.24. The van der Waals surface area contributed by atoms with Crippen LogP contribution in [-0.4, -0.2) is 33.6 Å². The second kappa shape index (κ2) is 5.29. The molecule has 1 N–H and O–H groups in total. The fourth-order valence-corrected chi connectivity index (χ4v) is 3.16. The number of hydrogen-bond acceptors (Lipinski definition) is 5. The Hall–Kier alpha value is -2.63. The quantitative estimate of drug-likeness (QED) is 0.804. The number of fused-ring (bicyclic) bond motifs is 1. The van der Waals surface area contributed by atoms with E-state index in [1.807, 2.05) is 12.1 Å². The van der Waals surface area contributed by atoms with Gasteiger partial charge in [0.25, 0.3) is 0 Å². The zero-order valence-corrected chi connectivity index (χ0v) is 12.4. The third-order valence-electron chi connectivity index (χ3n) is 4.23. The first kappa shape index (κ1) is 13.1. The second-order valence-electron chi connectivity index (χ2n) is 5.42. The van der Waals surface area contributed by atoms with Crippen LogP contribution in [0.25, 0.3) is 11.2 Å². The summed E-state index contributed by atoms with van der Waals surface area (Å²) >= 11 is 0. The van der Waals surface area contributed by atoms with E-state index in [0.29, 0.717) is 11.7 Å². The van der Waals surface area contributed by atoms with Gasteiger partial charge in [-0.25, -0.2) is 15.0 Å². The van der Waals surface area contributed by atoms with E-state index in [1.165, 1.54) is 5.56 Å². The summed E-state index contributed by atoms with van der Waals surface area (Å²) in [5.74, 6) is 1.81. The standard InChI is InChI=1S/C16H17N5O/c1-22-12-6-4-11(5-7-12)13-3-2-8-21(13)16-14-15(18-9-17-14)19-10-20-16/h4-7,9-10,13H,2-3,8H2,1H3,(H,17,18,19,20). The summed E-state index contributed by atoms with van der Waals surface area (Å²) in [5, 5.41) is 0.